The van der Waals surface area contributed by atoms with Gasteiger partial charge in [-0.15, -0.1) is 11.8 Å². The van der Waals surface area contributed by atoms with E-state index in [-0.39, 0.29) is 107 Å². The highest BCUT2D eigenvalue weighted by Crippen LogP contribution is 2.53. The Morgan fingerprint density at radius 2 is 1.64 bits per heavy atom. The number of guanidine groups is 1. The molecule has 88 heavy (non-hydrogen) atoms. The van der Waals surface area contributed by atoms with Crippen LogP contribution in [0.15, 0.2) is 58.0 Å². The predicted molar refractivity (Wildman–Crippen MR) is 317 cm³/mol. The molecule has 2 aliphatic carbocycles. The fourth-order valence-corrected chi connectivity index (χ4v) is 14.1. The zero-order valence-electron chi connectivity index (χ0n) is 48.0. The highest BCUT2D eigenvalue weighted by Gasteiger charge is 2.74. The Morgan fingerprint density at radius 1 is 0.932 bits per heavy atom. The lowest BCUT2D eigenvalue weighted by atomic mass is 9.84. The summed E-state index contributed by atoms with van der Waals surface area (Å²) < 4.78 is 23.3. The molecule has 1 saturated carbocycles. The number of rotatable bonds is 32. The fourth-order valence-electron chi connectivity index (χ4n) is 11.1. The van der Waals surface area contributed by atoms with Crippen LogP contribution < -0.4 is 49.1 Å². The number of fused-ring (bicyclic) bond motifs is 4. The minimum Gasteiger partial charge on any atom is -0.480 e. The van der Waals surface area contributed by atoms with Gasteiger partial charge in [0.25, 0.3) is 5.91 Å². The Labute approximate surface area is 515 Å². The quantitative estimate of drug-likeness (QED) is 0.00481. The Hall–Kier alpha value is -7.89. The third-order valence-corrected chi connectivity index (χ3v) is 19.3. The maximum Gasteiger partial charge on any atom is 0.405 e. The van der Waals surface area contributed by atoms with Crippen LogP contribution in [0, 0.1) is 5.92 Å². The molecule has 474 valence electrons. The van der Waals surface area contributed by atoms with Gasteiger partial charge in [0, 0.05) is 106 Å². The van der Waals surface area contributed by atoms with Crippen molar-refractivity contribution in [1.82, 2.24) is 46.4 Å². The number of aliphatic carboxylic acids is 2. The Bertz CT molecular complexity index is 3200. The molecule has 5 heterocycles. The number of amides is 6. The van der Waals surface area contributed by atoms with Crippen LogP contribution in [0.4, 0.5) is 16.3 Å². The number of hydrogen-bond donors (Lipinski definition) is 11. The van der Waals surface area contributed by atoms with Crippen molar-refractivity contribution in [3.63, 3.8) is 0 Å². The molecule has 7 atom stereocenters. The molecular formula is C54H68N14O17S3. The van der Waals surface area contributed by atoms with Gasteiger partial charge in [0.05, 0.1) is 59.8 Å². The number of nitrogens with two attached hydrogens (primary N) is 3. The molecule has 0 bridgehead atoms. The first kappa shape index (κ1) is 66.1. The number of carboxylic acid groups (broad SMARTS) is 2. The number of Topliss-reactive ketones (excluding diaryl/α,β-unsaturated/α-hetero) is 2. The van der Waals surface area contributed by atoms with Crippen LogP contribution in [0.2, 0.25) is 0 Å². The molecule has 2 aromatic rings. The summed E-state index contributed by atoms with van der Waals surface area (Å²) in [5.74, 6) is -7.40. The number of likely N-dealkylation sites (tertiary alicyclic amines) is 1. The second kappa shape index (κ2) is 29.0. The lowest BCUT2D eigenvalue weighted by Gasteiger charge is -2.38. The van der Waals surface area contributed by atoms with Crippen LogP contribution in [0.5, 0.6) is 0 Å². The van der Waals surface area contributed by atoms with E-state index in [1.165, 1.54) is 66.3 Å². The van der Waals surface area contributed by atoms with Gasteiger partial charge >= 0.3 is 18.0 Å². The zero-order valence-corrected chi connectivity index (χ0v) is 50.5. The number of piperazine rings is 1. The number of nitrogens with one attached hydrogen (secondary N) is 6. The van der Waals surface area contributed by atoms with E-state index in [2.05, 4.69) is 46.9 Å². The van der Waals surface area contributed by atoms with E-state index in [9.17, 15) is 63.0 Å². The zero-order chi connectivity index (χ0) is 63.6. The summed E-state index contributed by atoms with van der Waals surface area (Å²) in [7, 11) is 5.95. The molecule has 1 aromatic heterocycles. The van der Waals surface area contributed by atoms with E-state index in [4.69, 9.17) is 36.1 Å². The van der Waals surface area contributed by atoms with Gasteiger partial charge in [0.15, 0.2) is 35.7 Å². The van der Waals surface area contributed by atoms with Crippen LogP contribution in [-0.2, 0) is 63.8 Å². The minimum atomic E-state index is -1.53. The number of allylic oxidation sites excluding steroid dienone is 2. The van der Waals surface area contributed by atoms with E-state index in [1.54, 1.807) is 11.8 Å². The van der Waals surface area contributed by atoms with Crippen molar-refractivity contribution in [2.75, 3.05) is 69.6 Å². The average Bonchev–Trinajstić information content (AvgIpc) is 1.53. The number of thioether (sulfide) groups is 1. The van der Waals surface area contributed by atoms with E-state index in [1.807, 2.05) is 0 Å². The number of anilines is 1. The van der Waals surface area contributed by atoms with Crippen molar-refractivity contribution >= 4 is 116 Å². The smallest absolute Gasteiger partial charge is 0.405 e. The molecule has 14 N–H and O–H groups in total. The minimum absolute atomic E-state index is 0.0126. The number of ether oxygens (including phenoxy) is 4. The van der Waals surface area contributed by atoms with Gasteiger partial charge in [-0.05, 0) is 50.5 Å². The van der Waals surface area contributed by atoms with Crippen molar-refractivity contribution in [2.24, 2.45) is 28.1 Å². The highest BCUT2D eigenvalue weighted by molar-refractivity contribution is 8.76. The molecule has 31 nitrogen and oxygen atoms in total. The third kappa shape index (κ3) is 15.0. The average molecular weight is 1280 g/mol. The number of benzene rings is 1. The molecule has 1 unspecified atom stereocenters. The highest BCUT2D eigenvalue weighted by atomic mass is 33.1. The normalized spacial score (nSPS) is 24.2. The third-order valence-electron chi connectivity index (χ3n) is 15.6. The number of imide groups is 1. The predicted octanol–water partition coefficient (Wildman–Crippen LogP) is -1.01. The van der Waals surface area contributed by atoms with Crippen LogP contribution in [0.1, 0.15) is 78.4 Å². The van der Waals surface area contributed by atoms with Gasteiger partial charge < -0.3 is 83.2 Å². The summed E-state index contributed by atoms with van der Waals surface area (Å²) in [6.45, 7) is 2.64. The molecule has 8 rings (SSSR count). The molecule has 6 amide bonds. The Morgan fingerprint density at radius 3 is 2.28 bits per heavy atom. The number of primary amides is 1. The lowest BCUT2D eigenvalue weighted by Crippen LogP contribution is -2.58. The number of nitrogens with zero attached hydrogens (tertiary/aromatic N) is 5. The molecule has 0 spiro atoms. The lowest BCUT2D eigenvalue weighted by molar-refractivity contribution is -0.242. The van der Waals surface area contributed by atoms with Crippen molar-refractivity contribution in [3.8, 4) is 0 Å². The number of aldehydes is 1. The van der Waals surface area contributed by atoms with Crippen molar-refractivity contribution in [2.45, 2.75) is 105 Å². The monoisotopic (exact) mass is 1280 g/mol. The van der Waals surface area contributed by atoms with Crippen LogP contribution in [-0.4, -0.2) is 213 Å². The summed E-state index contributed by atoms with van der Waals surface area (Å²) >= 11 is 0.868. The van der Waals surface area contributed by atoms with E-state index >= 15 is 0 Å². The maximum absolute atomic E-state index is 13.9. The number of aromatic nitrogens is 2. The van der Waals surface area contributed by atoms with Crippen LogP contribution >= 0.6 is 33.3 Å². The van der Waals surface area contributed by atoms with E-state index in [0.29, 0.717) is 74.5 Å². The second-order valence-corrected chi connectivity index (χ2v) is 25.0. The van der Waals surface area contributed by atoms with Crippen molar-refractivity contribution < 1.29 is 81.9 Å². The Balaban J connectivity index is 0.690. The molecule has 34 heteroatoms. The number of aliphatic imine (C=N–C) groups is 1. The molecule has 4 aliphatic heterocycles. The van der Waals surface area contributed by atoms with Gasteiger partial charge in [-0.1, -0.05) is 21.6 Å². The molecule has 0 radical (unpaired) electrons. The van der Waals surface area contributed by atoms with Crippen LogP contribution in [0.3, 0.4) is 0 Å². The van der Waals surface area contributed by atoms with Gasteiger partial charge in [0.1, 0.15) is 17.8 Å². The summed E-state index contributed by atoms with van der Waals surface area (Å²) in [5, 5.41) is 35.9. The first-order chi connectivity index (χ1) is 42.0. The number of carbonyl (C=O) groups excluding carboxylic acids is 9. The summed E-state index contributed by atoms with van der Waals surface area (Å²) in [4.78, 5) is 156. The number of hydrogen-bond acceptors (Lipinski definition) is 25. The maximum atomic E-state index is 13.9. The van der Waals surface area contributed by atoms with Crippen molar-refractivity contribution in [3.05, 3.63) is 70.0 Å². The van der Waals surface area contributed by atoms with E-state index < -0.39 is 95.2 Å². The SMILES string of the molecule is COC1(OCCN2C(=O)CC(SC[C@H](NC(=O)CC[C@H](NC(=O)c3ccc(NCc4cnc(N=C(N)N)c(C=O)n4)cc3)C(=O)O)C(=O)O)C2=O)CCC(C(=O)NCCSSCCNC2=C(C)C(=O)C3=C(C2=O)[C@@H](OC(N)=O)[C@@]2(OC)[C@H]4N[C@H]4CN32)CC1. The number of methoxy groups -OCH3 is 2. The van der Waals surface area contributed by atoms with Gasteiger partial charge in [-0.25, -0.2) is 24.4 Å². The number of carbonyl (C=O) groups is 11. The standard InChI is InChI=1S/C54H68N14O17S3/c1-26-39(42(73)38-40(41(26)72)68-23-32-43(64-32)54(68,83-3)44(38)85-52(57)81)58-14-18-87-88-19-15-59-46(74)28-10-12-53(82-2,13-11-28)84-17-16-67-37(71)20-35(48(67)76)86-25-34(50(79)80)63-36(70)9-8-31(49(77)78)65-47(75)27-4-6-29(7-5-27)60-21-30-22-61-45(66-51(55)56)33(24-69)62-30/h4-7,22,24,28,31-32,34-35,43-44,58,60,64H,8-21,23,25H2,1-3H3,(H2,57,81)(H,59,74)(H,63,70)(H,65,75)(H,77,78)(H,79,80)(H4,55,56,61,66)/t28?,31-,32-,34-,35?,43-,44+,53?,54-/m0/s1. The summed E-state index contributed by atoms with van der Waals surface area (Å²) in [6, 6.07) is 2.62. The largest absolute Gasteiger partial charge is 0.480 e. The van der Waals surface area contributed by atoms with Gasteiger partial charge in [-0.3, -0.25) is 43.3 Å². The summed E-state index contributed by atoms with van der Waals surface area (Å²) in [5.41, 5.74) is 16.3. The molecule has 3 saturated heterocycles. The van der Waals surface area contributed by atoms with E-state index in [0.717, 1.165) is 16.7 Å². The molecule has 4 fully saturated rings. The molecule has 6 aliphatic rings. The van der Waals surface area contributed by atoms with Crippen molar-refractivity contribution in [1.29, 1.82) is 0 Å². The van der Waals surface area contributed by atoms with Crippen LogP contribution in [0.25, 0.3) is 0 Å². The summed E-state index contributed by atoms with van der Waals surface area (Å²) in [6.07, 6.45) is 0.00484. The first-order valence-corrected chi connectivity index (χ1v) is 31.4. The topological polar surface area (TPSA) is 470 Å². The fraction of sp³-hybridized carbons (Fsp3) is 0.519. The van der Waals surface area contributed by atoms with Gasteiger partial charge in [0.2, 0.25) is 35.2 Å². The second-order valence-electron chi connectivity index (χ2n) is 21.1. The Kier molecular flexibility index (Phi) is 21.7. The molecule has 1 aromatic carbocycles. The number of ketones is 2. The molecular weight excluding hydrogens is 1210 g/mol. The van der Waals surface area contributed by atoms with Gasteiger partial charge in [-0.2, -0.15) is 4.99 Å². The number of carboxylic acids is 2. The first-order valence-electron chi connectivity index (χ1n) is 27.9.